The number of fused-ring (bicyclic) bond motifs is 8. The van der Waals surface area contributed by atoms with Crippen molar-refractivity contribution in [3.8, 4) is 44.5 Å². The lowest BCUT2D eigenvalue weighted by Gasteiger charge is -2.08. The monoisotopic (exact) mass is 644 g/mol. The number of rotatable bonds is 4. The van der Waals surface area contributed by atoms with Crippen LogP contribution in [0.4, 0.5) is 5.69 Å². The minimum Gasteiger partial charge on any atom is -0.481 e. The Hall–Kier alpha value is -6.72. The van der Waals surface area contributed by atoms with Crippen LogP contribution in [-0.4, -0.2) is 28.0 Å². The molecule has 9 rings (SSSR count). The number of methoxy groups -OCH3 is 1. The quantitative estimate of drug-likeness (QED) is 0.200. The molecule has 5 heterocycles. The van der Waals surface area contributed by atoms with Gasteiger partial charge in [-0.15, -0.1) is 0 Å². The second-order valence-electron chi connectivity index (χ2n) is 12.3. The molecule has 0 amide bonds. The molecule has 0 unspecified atom stereocenters. The highest BCUT2D eigenvalue weighted by Gasteiger charge is 2.22. The van der Waals surface area contributed by atoms with E-state index in [9.17, 15) is 0 Å². The van der Waals surface area contributed by atoms with Gasteiger partial charge in [0.2, 0.25) is 5.90 Å². The van der Waals surface area contributed by atoms with E-state index < -0.39 is 0 Å². The molecular weight excluding hydrogens is 613 g/mol. The maximum atomic E-state index is 6.06. The van der Waals surface area contributed by atoms with Crippen LogP contribution in [0.3, 0.4) is 0 Å². The van der Waals surface area contributed by atoms with E-state index in [2.05, 4.69) is 150 Å². The maximum absolute atomic E-state index is 6.06. The first-order chi connectivity index (χ1) is 24.7. The Bertz CT molecular complexity index is 2600. The van der Waals surface area contributed by atoms with E-state index in [4.69, 9.17) is 14.7 Å². The number of benzene rings is 4. The molecule has 0 spiro atoms. The topological polar surface area (TPSA) is 66.1 Å². The van der Waals surface area contributed by atoms with Crippen LogP contribution < -0.4 is 0 Å². The van der Waals surface area contributed by atoms with Gasteiger partial charge in [-0.3, -0.25) is 0 Å². The first-order valence-corrected chi connectivity index (χ1v) is 16.7. The van der Waals surface area contributed by atoms with Gasteiger partial charge in [0.25, 0.3) is 0 Å². The normalized spacial score (nSPS) is 12.1. The number of aromatic amines is 2. The number of nitrogens with one attached hydrogen (secondary N) is 2. The standard InChI is InChI=1S/C45H32N4O/c1-50-45-33-28-40(49-45)44(32-20-12-5-13-21-32)39-27-26-38(48-39)43(31-18-10-4-11-19-31)37-25-24-36(47-37)42(30-16-8-3-9-17-30)35-23-22-34(46-35)41(33)29-14-6-2-7-15-29/h2-28,46,48H,1H3. The smallest absolute Gasteiger partial charge is 0.221 e. The van der Waals surface area contributed by atoms with Crippen molar-refractivity contribution in [3.63, 3.8) is 0 Å². The van der Waals surface area contributed by atoms with E-state index in [1.165, 1.54) is 0 Å². The summed E-state index contributed by atoms with van der Waals surface area (Å²) in [5, 5.41) is 0. The molecular formula is C45H32N4O. The second-order valence-corrected chi connectivity index (χ2v) is 12.3. The molecule has 3 aromatic heterocycles. The van der Waals surface area contributed by atoms with Gasteiger partial charge in [-0.2, -0.15) is 0 Å². The van der Waals surface area contributed by atoms with E-state index in [1.807, 2.05) is 24.3 Å². The fraction of sp³-hybridized carbons (Fsp3) is 0.0222. The van der Waals surface area contributed by atoms with Crippen LogP contribution in [-0.2, 0) is 4.74 Å². The third-order valence-electron chi connectivity index (χ3n) is 9.30. The fourth-order valence-electron chi connectivity index (χ4n) is 7.08. The SMILES string of the molecule is COC1=Nc2cc1c(-c1ccccc1)c1ccc([nH]1)c(-c1ccccc1)c1nc(c(-c3ccccc3)c3ccc([nH]3)c2-c2ccccc2)C=C1. The molecule has 2 aliphatic heterocycles. The van der Waals surface area contributed by atoms with E-state index >= 15 is 0 Å². The summed E-state index contributed by atoms with van der Waals surface area (Å²) < 4.78 is 6.06. The molecule has 7 aromatic rings. The first kappa shape index (κ1) is 29.4. The second kappa shape index (κ2) is 12.4. The van der Waals surface area contributed by atoms with Gasteiger partial charge in [0.15, 0.2) is 0 Å². The van der Waals surface area contributed by atoms with Crippen LogP contribution in [0.1, 0.15) is 17.0 Å². The van der Waals surface area contributed by atoms with Crippen LogP contribution in [0.15, 0.2) is 157 Å². The molecule has 0 atom stereocenters. The van der Waals surface area contributed by atoms with Gasteiger partial charge in [0.1, 0.15) is 0 Å². The largest absolute Gasteiger partial charge is 0.481 e. The summed E-state index contributed by atoms with van der Waals surface area (Å²) in [7, 11) is 1.69. The first-order valence-electron chi connectivity index (χ1n) is 16.7. The van der Waals surface area contributed by atoms with Gasteiger partial charge >= 0.3 is 0 Å². The zero-order valence-electron chi connectivity index (χ0n) is 27.4. The van der Waals surface area contributed by atoms with Crippen LogP contribution in [0, 0.1) is 0 Å². The maximum Gasteiger partial charge on any atom is 0.221 e. The van der Waals surface area contributed by atoms with Gasteiger partial charge in [0, 0.05) is 49.9 Å². The van der Waals surface area contributed by atoms with Crippen LogP contribution in [0.2, 0.25) is 0 Å². The van der Waals surface area contributed by atoms with Gasteiger partial charge in [-0.25, -0.2) is 9.98 Å². The van der Waals surface area contributed by atoms with Gasteiger partial charge in [-0.05, 0) is 64.7 Å². The van der Waals surface area contributed by atoms with Crippen molar-refractivity contribution >= 4 is 45.8 Å². The summed E-state index contributed by atoms with van der Waals surface area (Å²) >= 11 is 0. The molecule has 0 saturated heterocycles. The minimum absolute atomic E-state index is 0.560. The number of H-pyrrole nitrogens is 2. The molecule has 50 heavy (non-hydrogen) atoms. The molecule has 5 nitrogen and oxygen atoms in total. The summed E-state index contributed by atoms with van der Waals surface area (Å²) in [5.74, 6) is 0.560. The highest BCUT2D eigenvalue weighted by molar-refractivity contribution is 6.10. The van der Waals surface area contributed by atoms with Crippen molar-refractivity contribution in [1.29, 1.82) is 0 Å². The van der Waals surface area contributed by atoms with Crippen LogP contribution in [0.5, 0.6) is 0 Å². The Morgan fingerprint density at radius 3 is 1.26 bits per heavy atom. The number of ether oxygens (including phenoxy) is 1. The highest BCUT2D eigenvalue weighted by Crippen LogP contribution is 2.41. The average Bonchev–Trinajstić information content (AvgIpc) is 4.00. The third-order valence-corrected chi connectivity index (χ3v) is 9.30. The van der Waals surface area contributed by atoms with Crippen molar-refractivity contribution in [2.45, 2.75) is 0 Å². The van der Waals surface area contributed by atoms with Gasteiger partial charge in [0.05, 0.1) is 24.2 Å². The number of aromatic nitrogens is 3. The number of hydrogen-bond acceptors (Lipinski definition) is 3. The minimum atomic E-state index is 0.560. The van der Waals surface area contributed by atoms with Crippen molar-refractivity contribution < 1.29 is 4.74 Å². The average molecular weight is 645 g/mol. The lowest BCUT2D eigenvalue weighted by atomic mass is 10.00. The number of aliphatic imine (C=N–C) groups is 1. The molecule has 0 saturated carbocycles. The Balaban J connectivity index is 1.51. The van der Waals surface area contributed by atoms with Crippen LogP contribution >= 0.6 is 0 Å². The summed E-state index contributed by atoms with van der Waals surface area (Å²) in [6.07, 6.45) is 4.25. The Kier molecular flexibility index (Phi) is 7.29. The van der Waals surface area contributed by atoms with E-state index in [1.54, 1.807) is 7.11 Å². The molecule has 0 fully saturated rings. The van der Waals surface area contributed by atoms with E-state index in [-0.39, 0.29) is 0 Å². The summed E-state index contributed by atoms with van der Waals surface area (Å²) in [5.41, 5.74) is 15.6. The molecule has 2 aliphatic rings. The Morgan fingerprint density at radius 1 is 0.440 bits per heavy atom. The van der Waals surface area contributed by atoms with Crippen molar-refractivity contribution in [2.24, 2.45) is 4.99 Å². The molecule has 0 aliphatic carbocycles. The summed E-state index contributed by atoms with van der Waals surface area (Å²) in [4.78, 5) is 18.1. The Labute approximate surface area is 290 Å². The molecule has 4 aromatic carbocycles. The number of nitrogens with zero attached hydrogens (tertiary/aromatic N) is 2. The third kappa shape index (κ3) is 5.13. The van der Waals surface area contributed by atoms with Crippen molar-refractivity contribution in [3.05, 3.63) is 169 Å². The molecule has 0 radical (unpaired) electrons. The van der Waals surface area contributed by atoms with Crippen molar-refractivity contribution in [2.75, 3.05) is 7.11 Å². The lowest BCUT2D eigenvalue weighted by molar-refractivity contribution is 0.406. The van der Waals surface area contributed by atoms with Gasteiger partial charge in [-0.1, -0.05) is 121 Å². The predicted molar refractivity (Wildman–Crippen MR) is 207 cm³/mol. The molecule has 238 valence electrons. The Morgan fingerprint density at radius 2 is 0.820 bits per heavy atom. The zero-order chi connectivity index (χ0) is 33.4. The lowest BCUT2D eigenvalue weighted by Crippen LogP contribution is -2.01. The van der Waals surface area contributed by atoms with Gasteiger partial charge < -0.3 is 14.7 Å². The predicted octanol–water partition coefficient (Wildman–Crippen LogP) is 11.5. The van der Waals surface area contributed by atoms with E-state index in [0.717, 1.165) is 89.2 Å². The van der Waals surface area contributed by atoms with Crippen molar-refractivity contribution in [1.82, 2.24) is 15.0 Å². The van der Waals surface area contributed by atoms with Crippen LogP contribution in [0.25, 0.3) is 78.7 Å². The van der Waals surface area contributed by atoms with E-state index in [0.29, 0.717) is 5.90 Å². The fourth-order valence-corrected chi connectivity index (χ4v) is 7.08. The number of hydrogen-bond donors (Lipinski definition) is 2. The summed E-state index contributed by atoms with van der Waals surface area (Å²) in [6, 6.07) is 52.5. The zero-order valence-corrected chi connectivity index (χ0v) is 27.4. The molecule has 5 heteroatoms. The summed E-state index contributed by atoms with van der Waals surface area (Å²) in [6.45, 7) is 0. The molecule has 2 N–H and O–H groups in total. The highest BCUT2D eigenvalue weighted by atomic mass is 16.5. The molecule has 8 bridgehead atoms.